The van der Waals surface area contributed by atoms with Gasteiger partial charge in [0.1, 0.15) is 5.69 Å². The number of fused-ring (bicyclic) bond motifs is 1. The number of carbonyl (C=O) groups is 1. The molecule has 0 aromatic carbocycles. The van der Waals surface area contributed by atoms with E-state index in [1.807, 2.05) is 19.1 Å². The lowest BCUT2D eigenvalue weighted by atomic mass is 9.88. The number of carbonyl (C=O) groups excluding carboxylic acids is 1. The lowest BCUT2D eigenvalue weighted by Gasteiger charge is -2.26. The maximum absolute atomic E-state index is 13.0. The van der Waals surface area contributed by atoms with E-state index in [4.69, 9.17) is 4.74 Å². The van der Waals surface area contributed by atoms with Crippen LogP contribution in [0.5, 0.6) is 5.88 Å². The van der Waals surface area contributed by atoms with Gasteiger partial charge in [0.05, 0.1) is 18.3 Å². The first-order chi connectivity index (χ1) is 15.3. The summed E-state index contributed by atoms with van der Waals surface area (Å²) in [7, 11) is 1.32. The molecule has 7 nitrogen and oxygen atoms in total. The molecule has 0 aliphatic heterocycles. The van der Waals surface area contributed by atoms with Crippen LogP contribution in [-0.4, -0.2) is 32.3 Å². The predicted molar refractivity (Wildman–Crippen MR) is 110 cm³/mol. The van der Waals surface area contributed by atoms with E-state index in [0.717, 1.165) is 40.3 Å². The van der Waals surface area contributed by atoms with Crippen LogP contribution in [0.1, 0.15) is 53.1 Å². The standard InChI is InChI=1S/C22H22F3N5O2/c1-3-32-20-9-13(7-8-26-20)17-10-15-14(12-27-17)5-4-6-16(15)28-21(31)18-11-19(22(23,24)25)29-30(18)2/h7-12,16H,3-6H2,1-2H3,(H,28,31). The van der Waals surface area contributed by atoms with Crippen molar-refractivity contribution in [2.45, 2.75) is 38.4 Å². The molecular formula is C22H22F3N5O2. The van der Waals surface area contributed by atoms with Gasteiger partial charge < -0.3 is 10.1 Å². The summed E-state index contributed by atoms with van der Waals surface area (Å²) in [5.41, 5.74) is 2.20. The zero-order valence-electron chi connectivity index (χ0n) is 17.6. The zero-order chi connectivity index (χ0) is 22.9. The van der Waals surface area contributed by atoms with Crippen LogP contribution in [0.4, 0.5) is 13.2 Å². The highest BCUT2D eigenvalue weighted by molar-refractivity contribution is 5.93. The molecule has 0 radical (unpaired) electrons. The number of nitrogens with one attached hydrogen (secondary N) is 1. The minimum absolute atomic E-state index is 0.144. The SMILES string of the molecule is CCOc1cc(-c2cc3c(cn2)CCCC3NC(=O)c2cc(C(F)(F)F)nn2C)ccn1. The summed E-state index contributed by atoms with van der Waals surface area (Å²) in [6, 6.07) is 5.95. The predicted octanol–water partition coefficient (Wildman–Crippen LogP) is 4.10. The van der Waals surface area contributed by atoms with Crippen LogP contribution in [0.25, 0.3) is 11.3 Å². The molecule has 1 N–H and O–H groups in total. The van der Waals surface area contributed by atoms with Gasteiger partial charge in [0.2, 0.25) is 5.88 Å². The van der Waals surface area contributed by atoms with Gasteiger partial charge in [0.15, 0.2) is 5.69 Å². The van der Waals surface area contributed by atoms with Crippen LogP contribution < -0.4 is 10.1 Å². The lowest BCUT2D eigenvalue weighted by molar-refractivity contribution is -0.141. The van der Waals surface area contributed by atoms with Crippen LogP contribution in [0.3, 0.4) is 0 Å². The Labute approximate surface area is 182 Å². The van der Waals surface area contributed by atoms with Crippen molar-refractivity contribution in [3.05, 3.63) is 59.2 Å². The molecule has 32 heavy (non-hydrogen) atoms. The molecule has 1 unspecified atom stereocenters. The van der Waals surface area contributed by atoms with E-state index in [1.165, 1.54) is 7.05 Å². The third-order valence-corrected chi connectivity index (χ3v) is 5.37. The number of hydrogen-bond donors (Lipinski definition) is 1. The molecule has 1 aliphatic rings. The fourth-order valence-corrected chi connectivity index (χ4v) is 3.84. The summed E-state index contributed by atoms with van der Waals surface area (Å²) in [5, 5.41) is 6.30. The smallest absolute Gasteiger partial charge is 0.435 e. The molecule has 0 fully saturated rings. The fraction of sp³-hybridized carbons (Fsp3) is 0.364. The summed E-state index contributed by atoms with van der Waals surface area (Å²) in [4.78, 5) is 21.5. The molecule has 0 saturated carbocycles. The van der Waals surface area contributed by atoms with Crippen LogP contribution in [0, 0.1) is 0 Å². The number of nitrogens with zero attached hydrogens (tertiary/aromatic N) is 4. The van der Waals surface area contributed by atoms with Crippen molar-refractivity contribution in [2.75, 3.05) is 6.61 Å². The average molecular weight is 445 g/mol. The fourth-order valence-electron chi connectivity index (χ4n) is 3.84. The molecule has 168 valence electrons. The highest BCUT2D eigenvalue weighted by Crippen LogP contribution is 2.33. The van der Waals surface area contributed by atoms with E-state index in [2.05, 4.69) is 20.4 Å². The normalized spacial score (nSPS) is 15.8. The second kappa shape index (κ2) is 8.60. The number of pyridine rings is 2. The van der Waals surface area contributed by atoms with Crippen molar-refractivity contribution in [1.29, 1.82) is 0 Å². The largest absolute Gasteiger partial charge is 0.478 e. The Bertz CT molecular complexity index is 1140. The number of halogens is 3. The first kappa shape index (κ1) is 21.8. The summed E-state index contributed by atoms with van der Waals surface area (Å²) in [6.07, 6.45) is 1.14. The summed E-state index contributed by atoms with van der Waals surface area (Å²) >= 11 is 0. The highest BCUT2D eigenvalue weighted by atomic mass is 19.4. The number of rotatable bonds is 5. The van der Waals surface area contributed by atoms with Crippen molar-refractivity contribution in [3.63, 3.8) is 0 Å². The number of aryl methyl sites for hydroxylation is 2. The quantitative estimate of drug-likeness (QED) is 0.640. The lowest BCUT2D eigenvalue weighted by Crippen LogP contribution is -2.32. The molecule has 3 aromatic rings. The van der Waals surface area contributed by atoms with Crippen molar-refractivity contribution in [2.24, 2.45) is 7.05 Å². The van der Waals surface area contributed by atoms with Gasteiger partial charge in [-0.1, -0.05) is 0 Å². The van der Waals surface area contributed by atoms with Gasteiger partial charge >= 0.3 is 6.18 Å². The van der Waals surface area contributed by atoms with E-state index in [9.17, 15) is 18.0 Å². The minimum atomic E-state index is -4.61. The number of hydrogen-bond acceptors (Lipinski definition) is 5. The zero-order valence-corrected chi connectivity index (χ0v) is 17.6. The minimum Gasteiger partial charge on any atom is -0.478 e. The van der Waals surface area contributed by atoms with Gasteiger partial charge in [-0.2, -0.15) is 18.3 Å². The molecule has 4 rings (SSSR count). The van der Waals surface area contributed by atoms with E-state index in [-0.39, 0.29) is 11.7 Å². The number of aromatic nitrogens is 4. The van der Waals surface area contributed by atoms with Gasteiger partial charge in [-0.25, -0.2) is 4.98 Å². The van der Waals surface area contributed by atoms with Crippen molar-refractivity contribution in [1.82, 2.24) is 25.1 Å². The Balaban J connectivity index is 1.61. The van der Waals surface area contributed by atoms with Gasteiger partial charge in [-0.05, 0) is 49.4 Å². The number of ether oxygens (including phenoxy) is 1. The number of alkyl halides is 3. The van der Waals surface area contributed by atoms with E-state index < -0.39 is 17.8 Å². The summed E-state index contributed by atoms with van der Waals surface area (Å²) in [5.74, 6) is -0.111. The first-order valence-electron chi connectivity index (χ1n) is 10.3. The molecule has 1 atom stereocenters. The molecule has 0 spiro atoms. The Morgan fingerprint density at radius 2 is 2.09 bits per heavy atom. The van der Waals surface area contributed by atoms with E-state index in [1.54, 1.807) is 18.5 Å². The molecule has 3 aromatic heterocycles. The third kappa shape index (κ3) is 4.44. The molecule has 3 heterocycles. The van der Waals surface area contributed by atoms with E-state index in [0.29, 0.717) is 24.6 Å². The first-order valence-corrected chi connectivity index (χ1v) is 10.3. The molecular weight excluding hydrogens is 423 g/mol. The van der Waals surface area contributed by atoms with Crippen molar-refractivity contribution < 1.29 is 22.7 Å². The molecule has 0 saturated heterocycles. The maximum atomic E-state index is 13.0. The molecule has 1 amide bonds. The Morgan fingerprint density at radius 1 is 1.28 bits per heavy atom. The van der Waals surface area contributed by atoms with Crippen LogP contribution in [-0.2, 0) is 19.6 Å². The Hall–Kier alpha value is -3.43. The van der Waals surface area contributed by atoms with Gasteiger partial charge in [-0.15, -0.1) is 0 Å². The van der Waals surface area contributed by atoms with Crippen molar-refractivity contribution >= 4 is 5.91 Å². The Kier molecular flexibility index (Phi) is 5.86. The molecule has 10 heteroatoms. The van der Waals surface area contributed by atoms with Gasteiger partial charge in [-0.3, -0.25) is 14.5 Å². The maximum Gasteiger partial charge on any atom is 0.435 e. The summed E-state index contributed by atoms with van der Waals surface area (Å²) < 4.78 is 45.3. The monoisotopic (exact) mass is 445 g/mol. The van der Waals surface area contributed by atoms with Crippen LogP contribution in [0.15, 0.2) is 36.7 Å². The van der Waals surface area contributed by atoms with Crippen LogP contribution >= 0.6 is 0 Å². The topological polar surface area (TPSA) is 81.9 Å². The van der Waals surface area contributed by atoms with Crippen molar-refractivity contribution in [3.8, 4) is 17.1 Å². The second-order valence-corrected chi connectivity index (χ2v) is 7.54. The highest BCUT2D eigenvalue weighted by Gasteiger charge is 2.36. The molecule has 0 bridgehead atoms. The van der Waals surface area contributed by atoms with Gasteiger partial charge in [0.25, 0.3) is 5.91 Å². The number of amides is 1. The summed E-state index contributed by atoms with van der Waals surface area (Å²) in [6.45, 7) is 2.37. The molecule has 1 aliphatic carbocycles. The average Bonchev–Trinajstić information content (AvgIpc) is 3.16. The van der Waals surface area contributed by atoms with E-state index >= 15 is 0 Å². The third-order valence-electron chi connectivity index (χ3n) is 5.37. The Morgan fingerprint density at radius 3 is 2.81 bits per heavy atom. The second-order valence-electron chi connectivity index (χ2n) is 7.54. The van der Waals surface area contributed by atoms with Crippen LogP contribution in [0.2, 0.25) is 0 Å². The van der Waals surface area contributed by atoms with Gasteiger partial charge in [0, 0.05) is 37.1 Å².